The van der Waals surface area contributed by atoms with Crippen LogP contribution in [0.15, 0.2) is 24.3 Å². The first-order valence-electron chi connectivity index (χ1n) is 7.51. The van der Waals surface area contributed by atoms with Crippen LogP contribution in [0.1, 0.15) is 37.3 Å². The Balaban J connectivity index is 1.88. The van der Waals surface area contributed by atoms with E-state index in [1.165, 1.54) is 31.4 Å². The van der Waals surface area contributed by atoms with Gasteiger partial charge in [-0.1, -0.05) is 31.2 Å². The molecule has 1 aliphatic carbocycles. The average Bonchev–Trinajstić information content (AvgIpc) is 3.25. The molecule has 4 nitrogen and oxygen atoms in total. The third-order valence-corrected chi connectivity index (χ3v) is 3.71. The van der Waals surface area contributed by atoms with Gasteiger partial charge in [0.25, 0.3) is 0 Å². The number of hydrogen-bond donors (Lipinski definition) is 2. The molecule has 1 aromatic carbocycles. The van der Waals surface area contributed by atoms with Gasteiger partial charge in [-0.25, -0.2) is 5.84 Å². The van der Waals surface area contributed by atoms with Crippen LogP contribution in [-0.4, -0.2) is 23.9 Å². The van der Waals surface area contributed by atoms with Gasteiger partial charge in [0.1, 0.15) is 0 Å². The van der Waals surface area contributed by atoms with E-state index in [0.717, 1.165) is 24.6 Å². The number of amides is 1. The second-order valence-electron chi connectivity index (χ2n) is 5.74. The maximum absolute atomic E-state index is 11.2. The molecule has 2 rings (SSSR count). The SMILES string of the molecule is CCCN(Cc1ccc(CC(=O)NN)cc1)CC1CC1. The summed E-state index contributed by atoms with van der Waals surface area (Å²) in [6, 6.07) is 8.28. The van der Waals surface area contributed by atoms with Gasteiger partial charge in [-0.15, -0.1) is 0 Å². The molecule has 110 valence electrons. The average molecular weight is 275 g/mol. The van der Waals surface area contributed by atoms with Gasteiger partial charge >= 0.3 is 0 Å². The van der Waals surface area contributed by atoms with E-state index < -0.39 is 0 Å². The van der Waals surface area contributed by atoms with Crippen LogP contribution >= 0.6 is 0 Å². The Bertz CT molecular complexity index is 426. The predicted molar refractivity (Wildman–Crippen MR) is 80.8 cm³/mol. The highest BCUT2D eigenvalue weighted by Crippen LogP contribution is 2.30. The molecule has 0 aromatic heterocycles. The molecule has 20 heavy (non-hydrogen) atoms. The van der Waals surface area contributed by atoms with E-state index in [1.54, 1.807) is 0 Å². The molecule has 1 amide bonds. The van der Waals surface area contributed by atoms with Gasteiger partial charge in [-0.05, 0) is 42.9 Å². The summed E-state index contributed by atoms with van der Waals surface area (Å²) in [5.41, 5.74) is 4.47. The van der Waals surface area contributed by atoms with Crippen LogP contribution in [-0.2, 0) is 17.8 Å². The Kier molecular flexibility index (Phi) is 5.56. The van der Waals surface area contributed by atoms with Crippen molar-refractivity contribution in [1.82, 2.24) is 10.3 Å². The minimum atomic E-state index is -0.154. The number of rotatable bonds is 8. The minimum absolute atomic E-state index is 0.154. The predicted octanol–water partition coefficient (Wildman–Crippen LogP) is 1.84. The van der Waals surface area contributed by atoms with Gasteiger partial charge < -0.3 is 0 Å². The number of hydrazine groups is 1. The third-order valence-electron chi connectivity index (χ3n) is 3.71. The summed E-state index contributed by atoms with van der Waals surface area (Å²) in [6.07, 6.45) is 4.33. The molecule has 0 bridgehead atoms. The summed E-state index contributed by atoms with van der Waals surface area (Å²) in [4.78, 5) is 13.8. The van der Waals surface area contributed by atoms with E-state index in [2.05, 4.69) is 29.4 Å². The van der Waals surface area contributed by atoms with Crippen LogP contribution in [0.5, 0.6) is 0 Å². The quantitative estimate of drug-likeness (QED) is 0.432. The standard InChI is InChI=1S/C16H25N3O/c1-2-9-19(12-15-7-8-15)11-14-5-3-13(4-6-14)10-16(20)18-17/h3-6,15H,2,7-12,17H2,1H3,(H,18,20). The number of hydrogen-bond acceptors (Lipinski definition) is 3. The molecule has 0 heterocycles. The molecular weight excluding hydrogens is 250 g/mol. The highest BCUT2D eigenvalue weighted by atomic mass is 16.2. The van der Waals surface area contributed by atoms with Gasteiger partial charge in [0.05, 0.1) is 6.42 Å². The summed E-state index contributed by atoms with van der Waals surface area (Å²) in [5, 5.41) is 0. The third kappa shape index (κ3) is 4.94. The zero-order valence-corrected chi connectivity index (χ0v) is 12.3. The van der Waals surface area contributed by atoms with Crippen LogP contribution in [0.4, 0.5) is 0 Å². The summed E-state index contributed by atoms with van der Waals surface area (Å²) in [5.74, 6) is 5.87. The van der Waals surface area contributed by atoms with Crippen molar-refractivity contribution in [2.45, 2.75) is 39.2 Å². The van der Waals surface area contributed by atoms with Crippen molar-refractivity contribution in [3.05, 3.63) is 35.4 Å². The lowest BCUT2D eigenvalue weighted by Crippen LogP contribution is -2.31. The highest BCUT2D eigenvalue weighted by molar-refractivity contribution is 5.77. The molecule has 1 saturated carbocycles. The highest BCUT2D eigenvalue weighted by Gasteiger charge is 2.23. The number of nitrogens with two attached hydrogens (primary N) is 1. The van der Waals surface area contributed by atoms with Crippen molar-refractivity contribution < 1.29 is 4.79 Å². The molecule has 0 saturated heterocycles. The first-order valence-corrected chi connectivity index (χ1v) is 7.51. The molecule has 0 radical (unpaired) electrons. The summed E-state index contributed by atoms with van der Waals surface area (Å²) >= 11 is 0. The zero-order valence-electron chi connectivity index (χ0n) is 12.3. The molecule has 0 atom stereocenters. The maximum atomic E-state index is 11.2. The lowest BCUT2D eigenvalue weighted by atomic mass is 10.1. The number of carbonyl (C=O) groups is 1. The smallest absolute Gasteiger partial charge is 0.238 e. The molecule has 1 fully saturated rings. The normalized spacial score (nSPS) is 14.6. The number of nitrogens with zero attached hydrogens (tertiary/aromatic N) is 1. The van der Waals surface area contributed by atoms with Gasteiger partial charge in [-0.2, -0.15) is 0 Å². The molecule has 0 spiro atoms. The van der Waals surface area contributed by atoms with Crippen LogP contribution in [0, 0.1) is 5.92 Å². The van der Waals surface area contributed by atoms with E-state index in [9.17, 15) is 4.79 Å². The van der Waals surface area contributed by atoms with Gasteiger partial charge in [-0.3, -0.25) is 15.1 Å². The molecular formula is C16H25N3O. The van der Waals surface area contributed by atoms with Crippen LogP contribution in [0.2, 0.25) is 0 Å². The molecule has 4 heteroatoms. The molecule has 0 aliphatic heterocycles. The second kappa shape index (κ2) is 7.41. The molecule has 1 aromatic rings. The molecule has 3 N–H and O–H groups in total. The number of carbonyl (C=O) groups excluding carboxylic acids is 1. The van der Waals surface area contributed by atoms with Crippen molar-refractivity contribution in [3.63, 3.8) is 0 Å². The largest absolute Gasteiger partial charge is 0.299 e. The molecule has 0 unspecified atom stereocenters. The fraction of sp³-hybridized carbons (Fsp3) is 0.562. The first kappa shape index (κ1) is 15.0. The lowest BCUT2D eigenvalue weighted by Gasteiger charge is -2.21. The topological polar surface area (TPSA) is 58.4 Å². The Morgan fingerprint density at radius 1 is 1.30 bits per heavy atom. The van der Waals surface area contributed by atoms with Crippen molar-refractivity contribution in [1.29, 1.82) is 0 Å². The fourth-order valence-corrected chi connectivity index (χ4v) is 2.47. The first-order chi connectivity index (χ1) is 9.71. The monoisotopic (exact) mass is 275 g/mol. The minimum Gasteiger partial charge on any atom is -0.299 e. The number of benzene rings is 1. The molecule has 1 aliphatic rings. The van der Waals surface area contributed by atoms with Crippen molar-refractivity contribution >= 4 is 5.91 Å². The van der Waals surface area contributed by atoms with E-state index in [-0.39, 0.29) is 5.91 Å². The Labute approximate surface area is 121 Å². The summed E-state index contributed by atoms with van der Waals surface area (Å²) in [7, 11) is 0. The second-order valence-corrected chi connectivity index (χ2v) is 5.74. The number of nitrogens with one attached hydrogen (secondary N) is 1. The Hall–Kier alpha value is -1.39. The van der Waals surface area contributed by atoms with E-state index in [0.29, 0.717) is 6.42 Å². The van der Waals surface area contributed by atoms with Gasteiger partial charge in [0.2, 0.25) is 5.91 Å². The van der Waals surface area contributed by atoms with Gasteiger partial charge in [0.15, 0.2) is 0 Å². The van der Waals surface area contributed by atoms with E-state index in [4.69, 9.17) is 5.84 Å². The summed E-state index contributed by atoms with van der Waals surface area (Å²) in [6.45, 7) is 5.63. The van der Waals surface area contributed by atoms with Crippen LogP contribution in [0.25, 0.3) is 0 Å². The van der Waals surface area contributed by atoms with Crippen LogP contribution < -0.4 is 11.3 Å². The lowest BCUT2D eigenvalue weighted by molar-refractivity contribution is -0.120. The van der Waals surface area contributed by atoms with E-state index >= 15 is 0 Å². The zero-order chi connectivity index (χ0) is 14.4. The summed E-state index contributed by atoms with van der Waals surface area (Å²) < 4.78 is 0. The van der Waals surface area contributed by atoms with Crippen molar-refractivity contribution in [2.24, 2.45) is 11.8 Å². The maximum Gasteiger partial charge on any atom is 0.238 e. The Morgan fingerprint density at radius 2 is 1.95 bits per heavy atom. The van der Waals surface area contributed by atoms with Gasteiger partial charge in [0, 0.05) is 13.1 Å². The van der Waals surface area contributed by atoms with Crippen LogP contribution in [0.3, 0.4) is 0 Å². The van der Waals surface area contributed by atoms with E-state index in [1.807, 2.05) is 12.1 Å². The van der Waals surface area contributed by atoms with Crippen molar-refractivity contribution in [2.75, 3.05) is 13.1 Å². The Morgan fingerprint density at radius 3 is 2.50 bits per heavy atom. The van der Waals surface area contributed by atoms with Crippen molar-refractivity contribution in [3.8, 4) is 0 Å². The fourth-order valence-electron chi connectivity index (χ4n) is 2.47.